The molecule has 0 atom stereocenters. The molecule has 296 valence electrons. The first-order valence-electron chi connectivity index (χ1n) is 21.8. The average Bonchev–Trinajstić information content (AvgIpc) is 3.88. The van der Waals surface area contributed by atoms with Crippen molar-refractivity contribution in [1.82, 2.24) is 9.13 Å². The van der Waals surface area contributed by atoms with Crippen LogP contribution in [0.3, 0.4) is 0 Å². The van der Waals surface area contributed by atoms with Crippen molar-refractivity contribution >= 4 is 72.4 Å². The van der Waals surface area contributed by atoms with Crippen LogP contribution in [0.2, 0.25) is 0 Å². The van der Waals surface area contributed by atoms with Gasteiger partial charge in [-0.15, -0.1) is 0 Å². The molecule has 2 heterocycles. The van der Waals surface area contributed by atoms with Gasteiger partial charge in [0.25, 0.3) is 0 Å². The van der Waals surface area contributed by atoms with E-state index in [1.807, 2.05) is 0 Å². The highest BCUT2D eigenvalue weighted by atomic mass is 28.3. The van der Waals surface area contributed by atoms with Crippen LogP contribution in [-0.2, 0) is 0 Å². The number of hydrogen-bond donors (Lipinski definition) is 0. The summed E-state index contributed by atoms with van der Waals surface area (Å²) in [5.74, 6) is 0. The van der Waals surface area contributed by atoms with E-state index in [0.29, 0.717) is 0 Å². The minimum atomic E-state index is -2.92. The molecule has 12 rings (SSSR count). The van der Waals surface area contributed by atoms with Gasteiger partial charge in [-0.05, 0) is 79.9 Å². The molecule has 63 heavy (non-hydrogen) atoms. The Morgan fingerprint density at radius 3 is 1.37 bits per heavy atom. The van der Waals surface area contributed by atoms with E-state index in [-0.39, 0.29) is 0 Å². The molecule has 0 radical (unpaired) electrons. The lowest BCUT2D eigenvalue weighted by Crippen LogP contribution is -2.75. The maximum Gasteiger partial charge on any atom is 0.181 e. The van der Waals surface area contributed by atoms with Gasteiger partial charge in [-0.1, -0.05) is 212 Å². The maximum absolute atomic E-state index is 2.92. The van der Waals surface area contributed by atoms with Crippen LogP contribution >= 0.6 is 0 Å². The summed E-state index contributed by atoms with van der Waals surface area (Å²) >= 11 is 0. The van der Waals surface area contributed by atoms with Crippen molar-refractivity contribution in [3.05, 3.63) is 255 Å². The second-order valence-corrected chi connectivity index (χ2v) is 20.2. The molecule has 0 fully saturated rings. The molecule has 0 amide bonds. The first kappa shape index (κ1) is 36.8. The Morgan fingerprint density at radius 1 is 0.286 bits per heavy atom. The second kappa shape index (κ2) is 15.2. The van der Waals surface area contributed by atoms with Crippen LogP contribution in [0.4, 0.5) is 0 Å². The van der Waals surface area contributed by atoms with E-state index in [1.54, 1.807) is 0 Å². The lowest BCUT2D eigenvalue weighted by Gasteiger charge is -2.35. The highest BCUT2D eigenvalue weighted by Gasteiger charge is 2.43. The summed E-state index contributed by atoms with van der Waals surface area (Å²) in [6, 6.07) is 94.3. The Kier molecular flexibility index (Phi) is 8.87. The number of nitrogens with zero attached hydrogens (tertiary/aromatic N) is 2. The summed E-state index contributed by atoms with van der Waals surface area (Å²) in [5, 5.41) is 10.4. The van der Waals surface area contributed by atoms with Crippen LogP contribution in [0.15, 0.2) is 255 Å². The van der Waals surface area contributed by atoms with Gasteiger partial charge in [0.2, 0.25) is 0 Å². The number of aromatic nitrogens is 2. The highest BCUT2D eigenvalue weighted by molar-refractivity contribution is 7.20. The fourth-order valence-electron chi connectivity index (χ4n) is 10.4. The van der Waals surface area contributed by atoms with E-state index in [0.717, 1.165) is 11.4 Å². The van der Waals surface area contributed by atoms with Crippen molar-refractivity contribution in [3.8, 4) is 33.6 Å². The third-order valence-corrected chi connectivity index (χ3v) is 17.9. The van der Waals surface area contributed by atoms with Crippen molar-refractivity contribution in [2.75, 3.05) is 0 Å². The quantitative estimate of drug-likeness (QED) is 0.107. The van der Waals surface area contributed by atoms with Crippen molar-refractivity contribution in [2.45, 2.75) is 0 Å². The molecule has 2 aromatic heterocycles. The number of fused-ring (bicyclic) bond motifs is 6. The van der Waals surface area contributed by atoms with Gasteiger partial charge >= 0.3 is 0 Å². The molecule has 0 spiro atoms. The normalized spacial score (nSPS) is 11.8. The standard InChI is InChI=1S/C60H42N2Si/c1-6-21-43(22-7-1)45-37-39-57(53(41-45)44-23-8-2-9-24-44)62-56-35-19-17-32-51(56)54-42-46(38-40-58(54)62)61-55-34-18-16-31-50(55)52-33-20-36-59(60(52)61)63(47-25-10-3-11-26-47,48-27-12-4-13-28-48)49-29-14-5-15-30-49/h1-42H. The SMILES string of the molecule is c1ccc(-c2ccc(-n3c4ccccc4c4cc(-n5c6ccccc6c6cccc([Si](c7ccccc7)(c7ccccc7)c7ccccc7)c65)ccc43)c(-c3ccccc3)c2)cc1. The minimum Gasteiger partial charge on any atom is -0.309 e. The van der Waals surface area contributed by atoms with E-state index in [1.165, 1.54) is 86.6 Å². The molecule has 0 aliphatic heterocycles. The van der Waals surface area contributed by atoms with Crippen molar-refractivity contribution in [1.29, 1.82) is 0 Å². The molecule has 3 heteroatoms. The summed E-state index contributed by atoms with van der Waals surface area (Å²) < 4.78 is 5.03. The Labute approximate surface area is 368 Å². The van der Waals surface area contributed by atoms with Crippen molar-refractivity contribution in [2.24, 2.45) is 0 Å². The largest absolute Gasteiger partial charge is 0.309 e. The first-order valence-corrected chi connectivity index (χ1v) is 23.8. The molecule has 0 N–H and O–H groups in total. The molecule has 0 aliphatic rings. The molecule has 0 saturated carbocycles. The van der Waals surface area contributed by atoms with Gasteiger partial charge in [-0.25, -0.2) is 0 Å². The van der Waals surface area contributed by atoms with Gasteiger partial charge in [-0.2, -0.15) is 0 Å². The Balaban J connectivity index is 1.16. The molecule has 10 aromatic carbocycles. The monoisotopic (exact) mass is 818 g/mol. The summed E-state index contributed by atoms with van der Waals surface area (Å²) in [7, 11) is -2.92. The van der Waals surface area contributed by atoms with Gasteiger partial charge in [0.1, 0.15) is 0 Å². The van der Waals surface area contributed by atoms with E-state index < -0.39 is 8.07 Å². The summed E-state index contributed by atoms with van der Waals surface area (Å²) in [6.07, 6.45) is 0. The third-order valence-electron chi connectivity index (χ3n) is 13.1. The van der Waals surface area contributed by atoms with Crippen molar-refractivity contribution < 1.29 is 0 Å². The summed E-state index contributed by atoms with van der Waals surface area (Å²) in [5.41, 5.74) is 11.9. The zero-order chi connectivity index (χ0) is 41.7. The van der Waals surface area contributed by atoms with Gasteiger partial charge in [0, 0.05) is 32.8 Å². The van der Waals surface area contributed by atoms with E-state index in [9.17, 15) is 0 Å². The number of para-hydroxylation sites is 3. The van der Waals surface area contributed by atoms with Crippen LogP contribution in [0.1, 0.15) is 0 Å². The van der Waals surface area contributed by atoms with Crippen LogP contribution in [-0.4, -0.2) is 17.2 Å². The Morgan fingerprint density at radius 2 is 0.762 bits per heavy atom. The topological polar surface area (TPSA) is 9.86 Å². The highest BCUT2D eigenvalue weighted by Crippen LogP contribution is 2.40. The number of benzene rings is 10. The predicted molar refractivity (Wildman–Crippen MR) is 270 cm³/mol. The van der Waals surface area contributed by atoms with Crippen LogP contribution in [0.25, 0.3) is 77.2 Å². The number of hydrogen-bond acceptors (Lipinski definition) is 0. The van der Waals surface area contributed by atoms with Gasteiger partial charge < -0.3 is 9.13 Å². The zero-order valence-corrected chi connectivity index (χ0v) is 35.6. The smallest absolute Gasteiger partial charge is 0.181 e. The molecule has 12 aromatic rings. The molecule has 0 unspecified atom stereocenters. The zero-order valence-electron chi connectivity index (χ0n) is 34.6. The molecule has 0 bridgehead atoms. The van der Waals surface area contributed by atoms with E-state index in [4.69, 9.17) is 0 Å². The van der Waals surface area contributed by atoms with E-state index >= 15 is 0 Å². The lowest BCUT2D eigenvalue weighted by atomic mass is 9.97. The fourth-order valence-corrected chi connectivity index (χ4v) is 15.3. The molecule has 0 saturated heterocycles. The lowest BCUT2D eigenvalue weighted by molar-refractivity contribution is 1.17. The van der Waals surface area contributed by atoms with E-state index in [2.05, 4.69) is 264 Å². The second-order valence-electron chi connectivity index (χ2n) is 16.4. The van der Waals surface area contributed by atoms with Crippen LogP contribution in [0, 0.1) is 0 Å². The van der Waals surface area contributed by atoms with Gasteiger partial charge in [0.05, 0.1) is 27.8 Å². The average molecular weight is 819 g/mol. The molecule has 2 nitrogen and oxygen atoms in total. The van der Waals surface area contributed by atoms with Gasteiger partial charge in [0.15, 0.2) is 8.07 Å². The third kappa shape index (κ3) is 5.85. The molecular formula is C60H42N2Si. The Bertz CT molecular complexity index is 3500. The maximum atomic E-state index is 2.56. The number of rotatable bonds is 8. The van der Waals surface area contributed by atoms with Crippen LogP contribution in [0.5, 0.6) is 0 Å². The van der Waals surface area contributed by atoms with Gasteiger partial charge in [-0.3, -0.25) is 0 Å². The first-order chi connectivity index (χ1) is 31.3. The summed E-state index contributed by atoms with van der Waals surface area (Å²) in [6.45, 7) is 0. The van der Waals surface area contributed by atoms with Crippen molar-refractivity contribution in [3.63, 3.8) is 0 Å². The minimum absolute atomic E-state index is 1.14. The molecular weight excluding hydrogens is 777 g/mol. The predicted octanol–water partition coefficient (Wildman–Crippen LogP) is 12.6. The van der Waals surface area contributed by atoms with Crippen LogP contribution < -0.4 is 20.7 Å². The Hall–Kier alpha value is -7.98. The fraction of sp³-hybridized carbons (Fsp3) is 0. The summed E-state index contributed by atoms with van der Waals surface area (Å²) in [4.78, 5) is 0. The molecule has 0 aliphatic carbocycles.